The van der Waals surface area contributed by atoms with Gasteiger partial charge in [0.1, 0.15) is 11.6 Å². The number of anilines is 1. The maximum Gasteiger partial charge on any atom is 0.337 e. The number of ether oxygens (including phenoxy) is 1. The molecule has 108 valence electrons. The van der Waals surface area contributed by atoms with Crippen LogP contribution < -0.4 is 9.46 Å². The Bertz CT molecular complexity index is 697. The Morgan fingerprint density at radius 2 is 1.95 bits per heavy atom. The van der Waals surface area contributed by atoms with Crippen LogP contribution >= 0.6 is 0 Å². The number of aromatic nitrogens is 3. The molecule has 0 saturated carbocycles. The van der Waals surface area contributed by atoms with E-state index in [9.17, 15) is 17.2 Å². The second kappa shape index (κ2) is 5.41. The van der Waals surface area contributed by atoms with Crippen molar-refractivity contribution in [2.24, 2.45) is 0 Å². The first-order chi connectivity index (χ1) is 9.40. The molecule has 0 saturated heterocycles. The van der Waals surface area contributed by atoms with Crippen LogP contribution in [0.2, 0.25) is 0 Å². The van der Waals surface area contributed by atoms with Gasteiger partial charge in [-0.15, -0.1) is 5.10 Å². The van der Waals surface area contributed by atoms with Crippen LogP contribution in [0.1, 0.15) is 6.92 Å². The molecule has 2 rings (SSSR count). The molecule has 10 heteroatoms. The summed E-state index contributed by atoms with van der Waals surface area (Å²) in [6.07, 6.45) is 0. The van der Waals surface area contributed by atoms with E-state index >= 15 is 0 Å². The number of rotatable bonds is 5. The normalized spacial score (nSPS) is 11.3. The van der Waals surface area contributed by atoms with E-state index in [1.807, 2.05) is 4.72 Å². The van der Waals surface area contributed by atoms with Crippen LogP contribution in [0.3, 0.4) is 0 Å². The van der Waals surface area contributed by atoms with Gasteiger partial charge in [-0.25, -0.2) is 27.0 Å². The highest BCUT2D eigenvalue weighted by atomic mass is 32.2. The van der Waals surface area contributed by atoms with Gasteiger partial charge in [0.15, 0.2) is 0 Å². The van der Waals surface area contributed by atoms with Crippen molar-refractivity contribution in [1.82, 2.24) is 15.2 Å². The number of hydrogen-bond donors (Lipinski definition) is 2. The molecule has 0 amide bonds. The minimum absolute atomic E-state index is 0.0457. The van der Waals surface area contributed by atoms with Crippen LogP contribution in [-0.4, -0.2) is 30.2 Å². The minimum atomic E-state index is -4.18. The largest absolute Gasteiger partial charge is 0.463 e. The Kier molecular flexibility index (Phi) is 3.84. The van der Waals surface area contributed by atoms with Crippen LogP contribution in [0, 0.1) is 11.6 Å². The number of H-pyrrole nitrogens is 1. The second-order valence-corrected chi connectivity index (χ2v) is 5.29. The quantitative estimate of drug-likeness (QED) is 0.867. The molecular weight excluding hydrogens is 294 g/mol. The van der Waals surface area contributed by atoms with Crippen molar-refractivity contribution < 1.29 is 21.9 Å². The summed E-state index contributed by atoms with van der Waals surface area (Å²) in [5.41, 5.74) is 0. The summed E-state index contributed by atoms with van der Waals surface area (Å²) in [6.45, 7) is 2.01. The van der Waals surface area contributed by atoms with E-state index in [0.29, 0.717) is 24.8 Å². The van der Waals surface area contributed by atoms with Crippen molar-refractivity contribution >= 4 is 16.0 Å². The number of nitrogens with zero attached hydrogens (tertiary/aromatic N) is 2. The van der Waals surface area contributed by atoms with Gasteiger partial charge in [0.2, 0.25) is 5.95 Å². The number of sulfonamides is 1. The molecule has 0 spiro atoms. The predicted molar refractivity (Wildman–Crippen MR) is 64.7 cm³/mol. The fourth-order valence-corrected chi connectivity index (χ4v) is 2.35. The summed E-state index contributed by atoms with van der Waals surface area (Å²) >= 11 is 0. The van der Waals surface area contributed by atoms with Gasteiger partial charge in [-0.05, 0) is 19.1 Å². The van der Waals surface area contributed by atoms with Crippen molar-refractivity contribution in [2.45, 2.75) is 11.8 Å². The highest BCUT2D eigenvalue weighted by Crippen LogP contribution is 2.17. The van der Waals surface area contributed by atoms with Gasteiger partial charge < -0.3 is 4.74 Å². The van der Waals surface area contributed by atoms with E-state index in [-0.39, 0.29) is 12.0 Å². The molecule has 20 heavy (non-hydrogen) atoms. The molecule has 0 fully saturated rings. The summed E-state index contributed by atoms with van der Waals surface area (Å²) in [5, 5.41) is 5.87. The van der Waals surface area contributed by atoms with Crippen molar-refractivity contribution in [1.29, 1.82) is 0 Å². The lowest BCUT2D eigenvalue weighted by Crippen LogP contribution is -2.14. The van der Waals surface area contributed by atoms with Gasteiger partial charge >= 0.3 is 6.01 Å². The third-order valence-electron chi connectivity index (χ3n) is 2.12. The van der Waals surface area contributed by atoms with E-state index in [1.54, 1.807) is 6.92 Å². The van der Waals surface area contributed by atoms with Crippen molar-refractivity contribution in [3.8, 4) is 6.01 Å². The summed E-state index contributed by atoms with van der Waals surface area (Å²) in [5.74, 6) is -2.23. The maximum atomic E-state index is 13.0. The number of benzene rings is 1. The van der Waals surface area contributed by atoms with Crippen molar-refractivity contribution in [3.63, 3.8) is 0 Å². The highest BCUT2D eigenvalue weighted by Gasteiger charge is 2.18. The fourth-order valence-electron chi connectivity index (χ4n) is 1.36. The molecule has 1 aromatic heterocycles. The van der Waals surface area contributed by atoms with Crippen molar-refractivity contribution in [3.05, 3.63) is 29.8 Å². The summed E-state index contributed by atoms with van der Waals surface area (Å²) in [7, 11) is -4.18. The summed E-state index contributed by atoms with van der Waals surface area (Å²) in [6, 6.07) is 1.90. The predicted octanol–water partition coefficient (Wildman–Crippen LogP) is 1.28. The van der Waals surface area contributed by atoms with Gasteiger partial charge in [0.25, 0.3) is 10.0 Å². The van der Waals surface area contributed by atoms with E-state index < -0.39 is 26.6 Å². The first-order valence-electron chi connectivity index (χ1n) is 5.45. The lowest BCUT2D eigenvalue weighted by Gasteiger charge is -2.05. The molecule has 0 aliphatic rings. The van der Waals surface area contributed by atoms with Crippen LogP contribution in [0.25, 0.3) is 0 Å². The molecule has 0 radical (unpaired) electrons. The molecule has 1 heterocycles. The smallest absolute Gasteiger partial charge is 0.337 e. The van der Waals surface area contributed by atoms with Crippen molar-refractivity contribution in [2.75, 3.05) is 11.3 Å². The molecule has 0 unspecified atom stereocenters. The van der Waals surface area contributed by atoms with Crippen LogP contribution in [0.15, 0.2) is 23.1 Å². The van der Waals surface area contributed by atoms with Gasteiger partial charge in [-0.1, -0.05) is 0 Å². The van der Waals surface area contributed by atoms with Gasteiger partial charge in [0.05, 0.1) is 11.5 Å². The zero-order valence-corrected chi connectivity index (χ0v) is 11.0. The Morgan fingerprint density at radius 1 is 1.30 bits per heavy atom. The number of hydrogen-bond acceptors (Lipinski definition) is 5. The van der Waals surface area contributed by atoms with Gasteiger partial charge in [-0.3, -0.25) is 0 Å². The fraction of sp³-hybridized carbons (Fsp3) is 0.200. The molecule has 2 N–H and O–H groups in total. The zero-order valence-electron chi connectivity index (χ0n) is 10.2. The summed E-state index contributed by atoms with van der Waals surface area (Å²) in [4.78, 5) is 3.12. The molecule has 1 aromatic carbocycles. The third kappa shape index (κ3) is 3.20. The lowest BCUT2D eigenvalue weighted by molar-refractivity contribution is 0.314. The van der Waals surface area contributed by atoms with Crippen LogP contribution in [-0.2, 0) is 10.0 Å². The lowest BCUT2D eigenvalue weighted by atomic mass is 10.3. The van der Waals surface area contributed by atoms with E-state index in [0.717, 1.165) is 0 Å². The van der Waals surface area contributed by atoms with Crippen LogP contribution in [0.5, 0.6) is 6.01 Å². The zero-order chi connectivity index (χ0) is 14.8. The van der Waals surface area contributed by atoms with E-state index in [4.69, 9.17) is 4.74 Å². The first kappa shape index (κ1) is 14.2. The Balaban J connectivity index is 2.25. The Morgan fingerprint density at radius 3 is 2.55 bits per heavy atom. The van der Waals surface area contributed by atoms with E-state index in [2.05, 4.69) is 15.2 Å². The standard InChI is InChI=1S/C10H10F2N4O3S/c1-2-19-10-13-9(14-15-10)16-20(17,18)8-4-6(11)3-7(12)5-8/h3-5H,2H2,1H3,(H2,13,14,15,16). The average Bonchev–Trinajstić information content (AvgIpc) is 2.75. The summed E-state index contributed by atoms with van der Waals surface area (Å²) < 4.78 is 56.8. The highest BCUT2D eigenvalue weighted by molar-refractivity contribution is 7.92. The monoisotopic (exact) mass is 304 g/mol. The Hall–Kier alpha value is -2.23. The molecule has 0 aliphatic carbocycles. The topological polar surface area (TPSA) is 97.0 Å². The van der Waals surface area contributed by atoms with E-state index in [1.165, 1.54) is 0 Å². The second-order valence-electron chi connectivity index (χ2n) is 3.61. The Labute approximate surface area is 113 Å². The minimum Gasteiger partial charge on any atom is -0.463 e. The number of halogens is 2. The molecular formula is C10H10F2N4O3S. The van der Waals surface area contributed by atoms with Gasteiger partial charge in [-0.2, -0.15) is 4.98 Å². The number of aromatic amines is 1. The van der Waals surface area contributed by atoms with Gasteiger partial charge in [0, 0.05) is 6.07 Å². The number of nitrogens with one attached hydrogen (secondary N) is 2. The third-order valence-corrected chi connectivity index (χ3v) is 3.43. The molecule has 0 aliphatic heterocycles. The average molecular weight is 304 g/mol. The van der Waals surface area contributed by atoms with Crippen LogP contribution in [0.4, 0.5) is 14.7 Å². The maximum absolute atomic E-state index is 13.0. The molecule has 7 nitrogen and oxygen atoms in total. The molecule has 0 bridgehead atoms. The molecule has 2 aromatic rings. The SMILES string of the molecule is CCOc1n[nH]c(NS(=O)(=O)c2cc(F)cc(F)c2)n1. The first-order valence-corrected chi connectivity index (χ1v) is 6.93. The molecule has 0 atom stereocenters.